The third-order valence-electron chi connectivity index (χ3n) is 3.73. The predicted octanol–water partition coefficient (Wildman–Crippen LogP) is 1.64. The highest BCUT2D eigenvalue weighted by Gasteiger charge is 2.40. The quantitative estimate of drug-likeness (QED) is 0.920. The van der Waals surface area contributed by atoms with Crippen LogP contribution in [0.1, 0.15) is 18.1 Å². The lowest BCUT2D eigenvalue weighted by Gasteiger charge is -2.17. The molecule has 1 aliphatic heterocycles. The molecular weight excluding hydrogens is 278 g/mol. The Bertz CT molecular complexity index is 618. The van der Waals surface area contributed by atoms with Crippen LogP contribution < -0.4 is 0 Å². The van der Waals surface area contributed by atoms with Crippen molar-refractivity contribution in [2.75, 3.05) is 13.1 Å². The van der Waals surface area contributed by atoms with Crippen molar-refractivity contribution in [3.8, 4) is 0 Å². The van der Waals surface area contributed by atoms with Gasteiger partial charge >= 0.3 is 5.97 Å². The molecule has 5 nitrogen and oxygen atoms in total. The van der Waals surface area contributed by atoms with Crippen molar-refractivity contribution in [2.24, 2.45) is 11.8 Å². The molecule has 0 spiro atoms. The normalized spacial score (nSPS) is 23.9. The summed E-state index contributed by atoms with van der Waals surface area (Å²) in [4.78, 5) is 11.4. The van der Waals surface area contributed by atoms with Crippen LogP contribution in [0.4, 0.5) is 0 Å². The van der Waals surface area contributed by atoms with E-state index in [1.54, 1.807) is 19.1 Å². The van der Waals surface area contributed by atoms with Gasteiger partial charge in [0.15, 0.2) is 0 Å². The maximum atomic E-state index is 12.6. The molecule has 20 heavy (non-hydrogen) atoms. The predicted molar refractivity (Wildman–Crippen MR) is 75.0 cm³/mol. The minimum atomic E-state index is -3.61. The smallest absolute Gasteiger partial charge is 0.308 e. The number of hydrogen-bond donors (Lipinski definition) is 1. The van der Waals surface area contributed by atoms with Gasteiger partial charge in [0.05, 0.1) is 10.8 Å². The van der Waals surface area contributed by atoms with E-state index in [1.807, 2.05) is 19.9 Å². The van der Waals surface area contributed by atoms with Gasteiger partial charge in [-0.1, -0.05) is 13.0 Å². The van der Waals surface area contributed by atoms with Gasteiger partial charge in [-0.25, -0.2) is 8.42 Å². The molecule has 2 unspecified atom stereocenters. The number of carbonyl (C=O) groups is 1. The van der Waals surface area contributed by atoms with Crippen LogP contribution in [0.2, 0.25) is 0 Å². The van der Waals surface area contributed by atoms with Crippen molar-refractivity contribution >= 4 is 16.0 Å². The zero-order valence-corrected chi connectivity index (χ0v) is 12.6. The second kappa shape index (κ2) is 5.18. The maximum Gasteiger partial charge on any atom is 0.308 e. The Morgan fingerprint density at radius 3 is 2.20 bits per heavy atom. The topological polar surface area (TPSA) is 74.7 Å². The highest BCUT2D eigenvalue weighted by atomic mass is 32.2. The van der Waals surface area contributed by atoms with E-state index in [4.69, 9.17) is 5.11 Å². The minimum Gasteiger partial charge on any atom is -0.481 e. The fraction of sp³-hybridized carbons (Fsp3) is 0.500. The van der Waals surface area contributed by atoms with Crippen LogP contribution in [0.5, 0.6) is 0 Å². The van der Waals surface area contributed by atoms with Crippen LogP contribution in [-0.2, 0) is 14.8 Å². The summed E-state index contributed by atoms with van der Waals surface area (Å²) < 4.78 is 26.5. The van der Waals surface area contributed by atoms with Gasteiger partial charge in [0.1, 0.15) is 0 Å². The molecule has 6 heteroatoms. The number of nitrogens with zero attached hydrogens (tertiary/aromatic N) is 1. The summed E-state index contributed by atoms with van der Waals surface area (Å²) in [5.41, 5.74) is 1.76. The van der Waals surface area contributed by atoms with Gasteiger partial charge in [0.25, 0.3) is 0 Å². The molecule has 1 fully saturated rings. The van der Waals surface area contributed by atoms with Crippen molar-refractivity contribution in [3.63, 3.8) is 0 Å². The summed E-state index contributed by atoms with van der Waals surface area (Å²) in [6.45, 7) is 5.77. The van der Waals surface area contributed by atoms with Crippen molar-refractivity contribution in [3.05, 3.63) is 29.3 Å². The second-order valence-electron chi connectivity index (χ2n) is 5.57. The van der Waals surface area contributed by atoms with E-state index in [-0.39, 0.29) is 23.9 Å². The van der Waals surface area contributed by atoms with Gasteiger partial charge in [-0.05, 0) is 43.0 Å². The van der Waals surface area contributed by atoms with Crippen LogP contribution in [0.15, 0.2) is 23.1 Å². The van der Waals surface area contributed by atoms with Crippen LogP contribution in [0, 0.1) is 25.7 Å². The van der Waals surface area contributed by atoms with Gasteiger partial charge in [-0.15, -0.1) is 0 Å². The molecule has 110 valence electrons. The molecular formula is C14H19NO4S. The maximum absolute atomic E-state index is 12.6. The molecule has 1 saturated heterocycles. The number of benzene rings is 1. The lowest BCUT2D eigenvalue weighted by molar-refractivity contribution is -0.142. The summed E-state index contributed by atoms with van der Waals surface area (Å²) in [5, 5.41) is 9.10. The molecule has 2 atom stereocenters. The summed E-state index contributed by atoms with van der Waals surface area (Å²) in [6, 6.07) is 5.16. The Labute approximate surface area is 119 Å². The van der Waals surface area contributed by atoms with Crippen molar-refractivity contribution in [2.45, 2.75) is 25.7 Å². The Kier molecular flexibility index (Phi) is 3.88. The first-order valence-corrected chi connectivity index (χ1v) is 7.97. The fourth-order valence-corrected chi connectivity index (χ4v) is 4.43. The molecule has 0 bridgehead atoms. The number of carboxylic acids is 1. The highest BCUT2D eigenvalue weighted by molar-refractivity contribution is 7.89. The summed E-state index contributed by atoms with van der Waals surface area (Å²) in [6.07, 6.45) is 0. The fourth-order valence-electron chi connectivity index (χ4n) is 2.67. The zero-order chi connectivity index (χ0) is 15.1. The largest absolute Gasteiger partial charge is 0.481 e. The zero-order valence-electron chi connectivity index (χ0n) is 11.8. The lowest BCUT2D eigenvalue weighted by Crippen LogP contribution is -2.30. The Hall–Kier alpha value is -1.40. The third-order valence-corrected chi connectivity index (χ3v) is 5.54. The third kappa shape index (κ3) is 2.71. The van der Waals surface area contributed by atoms with E-state index in [0.29, 0.717) is 0 Å². The Balaban J connectivity index is 2.34. The number of carboxylic acid groups (broad SMARTS) is 1. The van der Waals surface area contributed by atoms with Gasteiger partial charge in [0, 0.05) is 13.1 Å². The average molecular weight is 297 g/mol. The molecule has 1 N–H and O–H groups in total. The Morgan fingerprint density at radius 1 is 1.20 bits per heavy atom. The van der Waals surface area contributed by atoms with Crippen LogP contribution in [-0.4, -0.2) is 36.9 Å². The van der Waals surface area contributed by atoms with Gasteiger partial charge in [-0.3, -0.25) is 4.79 Å². The first kappa shape index (κ1) is 15.0. The van der Waals surface area contributed by atoms with Crippen LogP contribution in [0.3, 0.4) is 0 Å². The number of aryl methyl sites for hydroxylation is 2. The highest BCUT2D eigenvalue weighted by Crippen LogP contribution is 2.29. The van der Waals surface area contributed by atoms with Crippen LogP contribution in [0.25, 0.3) is 0 Å². The van der Waals surface area contributed by atoms with E-state index >= 15 is 0 Å². The van der Waals surface area contributed by atoms with E-state index in [9.17, 15) is 13.2 Å². The molecule has 1 aliphatic rings. The second-order valence-corrected chi connectivity index (χ2v) is 7.51. The van der Waals surface area contributed by atoms with Gasteiger partial charge in [-0.2, -0.15) is 4.31 Å². The monoisotopic (exact) mass is 297 g/mol. The number of hydrogen-bond acceptors (Lipinski definition) is 3. The number of rotatable bonds is 3. The van der Waals surface area contributed by atoms with Crippen molar-refractivity contribution in [1.82, 2.24) is 4.31 Å². The molecule has 2 rings (SSSR count). The van der Waals surface area contributed by atoms with Crippen molar-refractivity contribution in [1.29, 1.82) is 0 Å². The molecule has 0 saturated carbocycles. The standard InChI is InChI=1S/C14H19NO4S/c1-9-4-10(2)6-12(5-9)20(18,19)15-7-11(3)13(8-15)14(16)17/h4-6,11,13H,7-8H2,1-3H3,(H,16,17). The van der Waals surface area contributed by atoms with E-state index < -0.39 is 21.9 Å². The Morgan fingerprint density at radius 2 is 1.75 bits per heavy atom. The summed E-state index contributed by atoms with van der Waals surface area (Å²) >= 11 is 0. The molecule has 0 radical (unpaired) electrons. The molecule has 1 aromatic carbocycles. The summed E-state index contributed by atoms with van der Waals surface area (Å²) in [7, 11) is -3.61. The number of aliphatic carboxylic acids is 1. The van der Waals surface area contributed by atoms with E-state index in [2.05, 4.69) is 0 Å². The van der Waals surface area contributed by atoms with Crippen LogP contribution >= 0.6 is 0 Å². The molecule has 1 aromatic rings. The lowest BCUT2D eigenvalue weighted by atomic mass is 9.99. The van der Waals surface area contributed by atoms with E-state index in [1.165, 1.54) is 4.31 Å². The molecule has 0 amide bonds. The SMILES string of the molecule is Cc1cc(C)cc(S(=O)(=O)N2CC(C)C(C(=O)O)C2)c1. The molecule has 0 aromatic heterocycles. The molecule has 1 heterocycles. The average Bonchev–Trinajstić information content (AvgIpc) is 2.70. The number of sulfonamides is 1. The summed E-state index contributed by atoms with van der Waals surface area (Å²) in [5.74, 6) is -1.74. The minimum absolute atomic E-state index is 0.0474. The first-order valence-electron chi connectivity index (χ1n) is 6.53. The van der Waals surface area contributed by atoms with Crippen molar-refractivity contribution < 1.29 is 18.3 Å². The van der Waals surface area contributed by atoms with E-state index in [0.717, 1.165) is 11.1 Å². The molecule has 0 aliphatic carbocycles. The first-order chi connectivity index (χ1) is 9.21. The van der Waals surface area contributed by atoms with Gasteiger partial charge in [0.2, 0.25) is 10.0 Å². The van der Waals surface area contributed by atoms with Gasteiger partial charge < -0.3 is 5.11 Å².